The highest BCUT2D eigenvalue weighted by molar-refractivity contribution is 5.83. The Morgan fingerprint density at radius 3 is 2.30 bits per heavy atom. The Labute approximate surface area is 215 Å². The molecule has 1 atom stereocenters. The number of aromatic nitrogens is 5. The van der Waals surface area contributed by atoms with Crippen molar-refractivity contribution in [3.8, 4) is 17.2 Å². The molecule has 1 aliphatic heterocycles. The standard InChI is InChI=1S/C27H32N6O4/c1-35-20-10-8-18(9-11-20)17-33-26(29-30-31-33)25(32-12-6-4-5-7-13-32)21-14-19-15-23(36-2)24(37-3)16-22(19)28-27(21)34/h8-11,14-16,25H,4-7,12-13,17H2,1-3H3,(H,28,34). The second-order valence-corrected chi connectivity index (χ2v) is 9.24. The van der Waals surface area contributed by atoms with E-state index in [1.807, 2.05) is 36.4 Å². The lowest BCUT2D eigenvalue weighted by molar-refractivity contribution is 0.220. The summed E-state index contributed by atoms with van der Waals surface area (Å²) >= 11 is 0. The average Bonchev–Trinajstić information content (AvgIpc) is 3.20. The third-order valence-electron chi connectivity index (χ3n) is 6.97. The lowest BCUT2D eigenvalue weighted by Gasteiger charge is -2.29. The second kappa shape index (κ2) is 11.0. The molecule has 0 spiro atoms. The summed E-state index contributed by atoms with van der Waals surface area (Å²) in [4.78, 5) is 18.9. The van der Waals surface area contributed by atoms with Crippen LogP contribution in [0.1, 0.15) is 48.7 Å². The van der Waals surface area contributed by atoms with Crippen molar-refractivity contribution in [2.45, 2.75) is 38.3 Å². The molecular formula is C27H32N6O4. The summed E-state index contributed by atoms with van der Waals surface area (Å²) in [5.41, 5.74) is 2.15. The van der Waals surface area contributed by atoms with E-state index in [-0.39, 0.29) is 5.56 Å². The molecule has 1 saturated heterocycles. The van der Waals surface area contributed by atoms with E-state index in [2.05, 4.69) is 25.4 Å². The highest BCUT2D eigenvalue weighted by Gasteiger charge is 2.31. The summed E-state index contributed by atoms with van der Waals surface area (Å²) in [7, 11) is 4.82. The van der Waals surface area contributed by atoms with Gasteiger partial charge in [-0.3, -0.25) is 9.69 Å². The van der Waals surface area contributed by atoms with Gasteiger partial charge < -0.3 is 19.2 Å². The zero-order chi connectivity index (χ0) is 25.8. The summed E-state index contributed by atoms with van der Waals surface area (Å²) in [5, 5.41) is 13.6. The van der Waals surface area contributed by atoms with E-state index in [0.29, 0.717) is 34.9 Å². The molecule has 1 aliphatic rings. The van der Waals surface area contributed by atoms with Crippen LogP contribution >= 0.6 is 0 Å². The van der Waals surface area contributed by atoms with Crippen molar-refractivity contribution in [3.05, 3.63) is 69.8 Å². The van der Waals surface area contributed by atoms with Crippen LogP contribution in [0.3, 0.4) is 0 Å². The van der Waals surface area contributed by atoms with Gasteiger partial charge in [-0.2, -0.15) is 0 Å². The van der Waals surface area contributed by atoms with E-state index in [9.17, 15) is 4.79 Å². The predicted octanol–water partition coefficient (Wildman–Crippen LogP) is 3.55. The molecule has 4 aromatic rings. The van der Waals surface area contributed by atoms with Gasteiger partial charge in [-0.25, -0.2) is 4.68 Å². The Balaban J connectivity index is 1.61. The number of hydrogen-bond donors (Lipinski definition) is 1. The number of aromatic amines is 1. The first-order valence-corrected chi connectivity index (χ1v) is 12.5. The largest absolute Gasteiger partial charge is 0.497 e. The van der Waals surface area contributed by atoms with Gasteiger partial charge in [0.15, 0.2) is 17.3 Å². The third-order valence-corrected chi connectivity index (χ3v) is 6.97. The SMILES string of the molecule is COc1ccc(Cn2nnnc2C(c2cc3cc(OC)c(OC)cc3[nH]c2=O)N2CCCCCC2)cc1. The molecule has 0 saturated carbocycles. The van der Waals surface area contributed by atoms with Crippen molar-refractivity contribution >= 4 is 10.9 Å². The van der Waals surface area contributed by atoms with Crippen LogP contribution in [0.2, 0.25) is 0 Å². The van der Waals surface area contributed by atoms with Crippen LogP contribution in [0.4, 0.5) is 0 Å². The number of nitrogens with zero attached hydrogens (tertiary/aromatic N) is 5. The van der Waals surface area contributed by atoms with Crippen LogP contribution in [-0.4, -0.2) is 64.5 Å². The minimum Gasteiger partial charge on any atom is -0.497 e. The molecule has 2 aromatic heterocycles. The van der Waals surface area contributed by atoms with E-state index in [0.717, 1.165) is 42.6 Å². The molecule has 2 aromatic carbocycles. The maximum absolute atomic E-state index is 13.5. The first-order chi connectivity index (χ1) is 18.1. The highest BCUT2D eigenvalue weighted by Crippen LogP contribution is 2.34. The average molecular weight is 505 g/mol. The van der Waals surface area contributed by atoms with Gasteiger partial charge in [-0.1, -0.05) is 25.0 Å². The van der Waals surface area contributed by atoms with Crippen LogP contribution < -0.4 is 19.8 Å². The number of ether oxygens (including phenoxy) is 3. The Hall–Kier alpha value is -3.92. The summed E-state index contributed by atoms with van der Waals surface area (Å²) < 4.78 is 18.0. The summed E-state index contributed by atoms with van der Waals surface area (Å²) in [6, 6.07) is 13.0. The summed E-state index contributed by atoms with van der Waals surface area (Å²) in [6.07, 6.45) is 4.47. The number of rotatable bonds is 8. The third kappa shape index (κ3) is 5.15. The molecule has 1 fully saturated rings. The zero-order valence-corrected chi connectivity index (χ0v) is 21.4. The molecule has 37 heavy (non-hydrogen) atoms. The quantitative estimate of drug-likeness (QED) is 0.388. The Morgan fingerprint density at radius 2 is 1.62 bits per heavy atom. The van der Waals surface area contributed by atoms with Crippen LogP contribution in [0.15, 0.2) is 47.3 Å². The van der Waals surface area contributed by atoms with Crippen LogP contribution in [0.5, 0.6) is 17.2 Å². The second-order valence-electron chi connectivity index (χ2n) is 9.24. The Bertz CT molecular complexity index is 1410. The van der Waals surface area contributed by atoms with Gasteiger partial charge in [0.05, 0.1) is 33.4 Å². The smallest absolute Gasteiger partial charge is 0.253 e. The van der Waals surface area contributed by atoms with Crippen molar-refractivity contribution in [2.75, 3.05) is 34.4 Å². The molecule has 0 radical (unpaired) electrons. The molecule has 1 unspecified atom stereocenters. The highest BCUT2D eigenvalue weighted by atomic mass is 16.5. The van der Waals surface area contributed by atoms with Crippen molar-refractivity contribution in [2.24, 2.45) is 0 Å². The van der Waals surface area contributed by atoms with Crippen molar-refractivity contribution in [1.82, 2.24) is 30.1 Å². The number of fused-ring (bicyclic) bond motifs is 1. The molecule has 0 bridgehead atoms. The molecule has 10 heteroatoms. The molecule has 194 valence electrons. The number of benzene rings is 2. The summed E-state index contributed by atoms with van der Waals surface area (Å²) in [6.45, 7) is 2.21. The lowest BCUT2D eigenvalue weighted by atomic mass is 10.0. The van der Waals surface area contributed by atoms with E-state index in [4.69, 9.17) is 14.2 Å². The number of likely N-dealkylation sites (tertiary alicyclic amines) is 1. The molecular weight excluding hydrogens is 472 g/mol. The minimum absolute atomic E-state index is 0.173. The predicted molar refractivity (Wildman–Crippen MR) is 139 cm³/mol. The fourth-order valence-corrected chi connectivity index (χ4v) is 5.03. The van der Waals surface area contributed by atoms with Gasteiger partial charge in [0.25, 0.3) is 5.56 Å². The fraction of sp³-hybridized carbons (Fsp3) is 0.407. The van der Waals surface area contributed by atoms with E-state index < -0.39 is 6.04 Å². The van der Waals surface area contributed by atoms with Crippen molar-refractivity contribution < 1.29 is 14.2 Å². The first-order valence-electron chi connectivity index (χ1n) is 12.5. The maximum Gasteiger partial charge on any atom is 0.253 e. The topological polar surface area (TPSA) is 107 Å². The molecule has 5 rings (SSSR count). The number of nitrogens with one attached hydrogen (secondary N) is 1. The molecule has 0 aliphatic carbocycles. The molecule has 0 amide bonds. The van der Waals surface area contributed by atoms with E-state index in [1.165, 1.54) is 12.8 Å². The molecule has 10 nitrogen and oxygen atoms in total. The normalized spacial score (nSPS) is 15.3. The Morgan fingerprint density at radius 1 is 0.919 bits per heavy atom. The van der Waals surface area contributed by atoms with E-state index >= 15 is 0 Å². The Kier molecular flexibility index (Phi) is 7.36. The number of H-pyrrole nitrogens is 1. The lowest BCUT2D eigenvalue weighted by Crippen LogP contribution is -2.36. The van der Waals surface area contributed by atoms with Crippen LogP contribution in [0, 0.1) is 0 Å². The first kappa shape index (κ1) is 24.8. The zero-order valence-electron chi connectivity index (χ0n) is 21.4. The monoisotopic (exact) mass is 504 g/mol. The van der Waals surface area contributed by atoms with E-state index in [1.54, 1.807) is 32.1 Å². The fourth-order valence-electron chi connectivity index (χ4n) is 5.03. The number of methoxy groups -OCH3 is 3. The minimum atomic E-state index is -0.396. The van der Waals surface area contributed by atoms with Gasteiger partial charge in [-0.05, 0) is 66.2 Å². The van der Waals surface area contributed by atoms with Crippen molar-refractivity contribution in [3.63, 3.8) is 0 Å². The molecule has 1 N–H and O–H groups in total. The van der Waals surface area contributed by atoms with Gasteiger partial charge in [0, 0.05) is 17.0 Å². The number of tetrazole rings is 1. The summed E-state index contributed by atoms with van der Waals surface area (Å²) in [5.74, 6) is 2.59. The molecule has 3 heterocycles. The van der Waals surface area contributed by atoms with Gasteiger partial charge in [-0.15, -0.1) is 5.10 Å². The van der Waals surface area contributed by atoms with Gasteiger partial charge >= 0.3 is 0 Å². The number of hydrogen-bond acceptors (Lipinski definition) is 8. The van der Waals surface area contributed by atoms with Crippen LogP contribution in [-0.2, 0) is 6.54 Å². The van der Waals surface area contributed by atoms with Crippen molar-refractivity contribution in [1.29, 1.82) is 0 Å². The maximum atomic E-state index is 13.5. The van der Waals surface area contributed by atoms with Gasteiger partial charge in [0.1, 0.15) is 11.8 Å². The van der Waals surface area contributed by atoms with Crippen LogP contribution in [0.25, 0.3) is 10.9 Å². The number of pyridine rings is 1. The van der Waals surface area contributed by atoms with Gasteiger partial charge in [0.2, 0.25) is 0 Å².